The summed E-state index contributed by atoms with van der Waals surface area (Å²) in [6.07, 6.45) is 1.17. The number of hydrogen-bond acceptors (Lipinski definition) is 4. The van der Waals surface area contributed by atoms with Gasteiger partial charge in [0.1, 0.15) is 11.5 Å². The Balaban J connectivity index is 2.48. The second kappa shape index (κ2) is 5.40. The molecule has 1 atom stereocenters. The summed E-state index contributed by atoms with van der Waals surface area (Å²) in [6, 6.07) is 2.93. The summed E-state index contributed by atoms with van der Waals surface area (Å²) in [6.45, 7) is 6.47. The Labute approximate surface area is 111 Å². The first kappa shape index (κ1) is 13.5. The number of halogens is 1. The molecule has 0 aliphatic carbocycles. The molecule has 0 spiro atoms. The summed E-state index contributed by atoms with van der Waals surface area (Å²) >= 11 is 0. The molecule has 0 radical (unpaired) electrons. The summed E-state index contributed by atoms with van der Waals surface area (Å²) in [5, 5.41) is 0. The molecule has 0 saturated heterocycles. The summed E-state index contributed by atoms with van der Waals surface area (Å²) in [5.74, 6) is 0.365. The van der Waals surface area contributed by atoms with Crippen LogP contribution in [0, 0.1) is 19.7 Å². The fraction of sp³-hybridized carbons (Fsp3) is 0.357. The van der Waals surface area contributed by atoms with Gasteiger partial charge < -0.3 is 5.73 Å². The number of aryl methyl sites for hydroxylation is 2. The van der Waals surface area contributed by atoms with Crippen LogP contribution in [0.25, 0.3) is 11.5 Å². The van der Waals surface area contributed by atoms with E-state index >= 15 is 0 Å². The maximum Gasteiger partial charge on any atom is 0.178 e. The van der Waals surface area contributed by atoms with Gasteiger partial charge in [-0.25, -0.2) is 19.3 Å². The largest absolute Gasteiger partial charge is 0.330 e. The van der Waals surface area contributed by atoms with E-state index in [1.165, 1.54) is 12.3 Å². The van der Waals surface area contributed by atoms with E-state index in [2.05, 4.69) is 21.9 Å². The van der Waals surface area contributed by atoms with Crippen molar-refractivity contribution in [2.24, 2.45) is 5.73 Å². The van der Waals surface area contributed by atoms with Crippen molar-refractivity contribution in [3.8, 4) is 11.5 Å². The van der Waals surface area contributed by atoms with Gasteiger partial charge in [0.2, 0.25) is 0 Å². The summed E-state index contributed by atoms with van der Waals surface area (Å²) in [5.41, 5.74) is 9.13. The number of nitrogens with two attached hydrogens (primary N) is 1. The molecule has 0 fully saturated rings. The lowest BCUT2D eigenvalue weighted by molar-refractivity contribution is 0.621. The number of nitrogens with zero attached hydrogens (tertiary/aromatic N) is 3. The molecule has 100 valence electrons. The minimum Gasteiger partial charge on any atom is -0.330 e. The molecule has 19 heavy (non-hydrogen) atoms. The number of hydrogen-bond donors (Lipinski definition) is 1. The maximum atomic E-state index is 12.9. The lowest BCUT2D eigenvalue weighted by Crippen LogP contribution is -2.14. The molecule has 0 bridgehead atoms. The molecule has 0 aliphatic rings. The summed E-state index contributed by atoms with van der Waals surface area (Å²) < 4.78 is 12.9. The molecule has 2 aromatic rings. The highest BCUT2D eigenvalue weighted by molar-refractivity contribution is 5.50. The minimum atomic E-state index is -0.370. The first-order valence-electron chi connectivity index (χ1n) is 6.20. The molecular formula is C14H17FN4. The van der Waals surface area contributed by atoms with Gasteiger partial charge in [-0.1, -0.05) is 6.92 Å². The molecule has 2 aromatic heterocycles. The van der Waals surface area contributed by atoms with Crippen LogP contribution in [0.15, 0.2) is 18.3 Å². The molecule has 0 amide bonds. The molecule has 0 aromatic carbocycles. The minimum absolute atomic E-state index is 0.218. The zero-order valence-electron chi connectivity index (χ0n) is 11.3. The quantitative estimate of drug-likeness (QED) is 0.920. The van der Waals surface area contributed by atoms with E-state index in [9.17, 15) is 4.39 Å². The third-order valence-corrected chi connectivity index (χ3v) is 3.13. The molecular weight excluding hydrogens is 243 g/mol. The topological polar surface area (TPSA) is 64.7 Å². The van der Waals surface area contributed by atoms with E-state index in [0.717, 1.165) is 17.0 Å². The maximum absolute atomic E-state index is 12.9. The lowest BCUT2D eigenvalue weighted by Gasteiger charge is -2.15. The van der Waals surface area contributed by atoms with Gasteiger partial charge in [0.25, 0.3) is 0 Å². The highest BCUT2D eigenvalue weighted by Crippen LogP contribution is 2.23. The fourth-order valence-corrected chi connectivity index (χ4v) is 2.18. The van der Waals surface area contributed by atoms with Gasteiger partial charge in [-0.3, -0.25) is 0 Å². The van der Waals surface area contributed by atoms with Crippen molar-refractivity contribution in [2.45, 2.75) is 26.7 Å². The second-order valence-corrected chi connectivity index (χ2v) is 4.63. The Morgan fingerprint density at radius 3 is 2.32 bits per heavy atom. The van der Waals surface area contributed by atoms with Gasteiger partial charge in [0.15, 0.2) is 5.82 Å². The standard InChI is InChI=1S/C14H17FN4/c1-8(6-16)13-9(2)18-14(19-10(13)3)12-5-4-11(15)7-17-12/h4-5,7-8H,6,16H2,1-3H3. The summed E-state index contributed by atoms with van der Waals surface area (Å²) in [7, 11) is 0. The molecule has 2 N–H and O–H groups in total. The van der Waals surface area contributed by atoms with Crippen LogP contribution in [0.1, 0.15) is 29.8 Å². The lowest BCUT2D eigenvalue weighted by atomic mass is 9.98. The van der Waals surface area contributed by atoms with Crippen LogP contribution in [0.2, 0.25) is 0 Å². The van der Waals surface area contributed by atoms with E-state index < -0.39 is 0 Å². The Kier molecular flexibility index (Phi) is 3.85. The van der Waals surface area contributed by atoms with Crippen LogP contribution < -0.4 is 5.73 Å². The predicted octanol–water partition coefficient (Wildman–Crippen LogP) is 2.36. The van der Waals surface area contributed by atoms with Crippen molar-refractivity contribution in [1.29, 1.82) is 0 Å². The molecule has 2 heterocycles. The fourth-order valence-electron chi connectivity index (χ4n) is 2.18. The SMILES string of the molecule is Cc1nc(-c2ccc(F)cn2)nc(C)c1C(C)CN. The zero-order valence-corrected chi connectivity index (χ0v) is 11.3. The van der Waals surface area contributed by atoms with Gasteiger partial charge in [-0.15, -0.1) is 0 Å². The average molecular weight is 260 g/mol. The Hall–Kier alpha value is -1.88. The van der Waals surface area contributed by atoms with Crippen LogP contribution in [-0.2, 0) is 0 Å². The first-order chi connectivity index (χ1) is 9.02. The van der Waals surface area contributed by atoms with Crippen LogP contribution in [0.3, 0.4) is 0 Å². The third kappa shape index (κ3) is 2.76. The third-order valence-electron chi connectivity index (χ3n) is 3.13. The van der Waals surface area contributed by atoms with Crippen molar-refractivity contribution in [2.75, 3.05) is 6.54 Å². The van der Waals surface area contributed by atoms with Crippen molar-refractivity contribution >= 4 is 0 Å². The van der Waals surface area contributed by atoms with Gasteiger partial charge in [-0.2, -0.15) is 0 Å². The smallest absolute Gasteiger partial charge is 0.178 e. The molecule has 0 aliphatic heterocycles. The van der Waals surface area contributed by atoms with Crippen LogP contribution in [0.4, 0.5) is 4.39 Å². The normalized spacial score (nSPS) is 12.5. The number of rotatable bonds is 3. The van der Waals surface area contributed by atoms with Gasteiger partial charge >= 0.3 is 0 Å². The van der Waals surface area contributed by atoms with Gasteiger partial charge in [-0.05, 0) is 44.0 Å². The van der Waals surface area contributed by atoms with E-state index in [-0.39, 0.29) is 11.7 Å². The molecule has 4 nitrogen and oxygen atoms in total. The van der Waals surface area contributed by atoms with Crippen LogP contribution in [-0.4, -0.2) is 21.5 Å². The number of pyridine rings is 1. The predicted molar refractivity (Wildman–Crippen MR) is 72.2 cm³/mol. The second-order valence-electron chi connectivity index (χ2n) is 4.63. The van der Waals surface area contributed by atoms with Crippen molar-refractivity contribution in [1.82, 2.24) is 15.0 Å². The first-order valence-corrected chi connectivity index (χ1v) is 6.20. The molecule has 2 rings (SSSR count). The van der Waals surface area contributed by atoms with E-state index in [0.29, 0.717) is 18.1 Å². The number of aromatic nitrogens is 3. The van der Waals surface area contributed by atoms with Gasteiger partial charge in [0, 0.05) is 11.4 Å². The highest BCUT2D eigenvalue weighted by Gasteiger charge is 2.15. The van der Waals surface area contributed by atoms with E-state index in [1.54, 1.807) is 6.07 Å². The van der Waals surface area contributed by atoms with E-state index in [4.69, 9.17) is 5.73 Å². The Morgan fingerprint density at radius 1 is 1.21 bits per heavy atom. The van der Waals surface area contributed by atoms with Crippen molar-refractivity contribution < 1.29 is 4.39 Å². The van der Waals surface area contributed by atoms with Crippen LogP contribution in [0.5, 0.6) is 0 Å². The summed E-state index contributed by atoms with van der Waals surface area (Å²) in [4.78, 5) is 12.9. The van der Waals surface area contributed by atoms with Crippen LogP contribution >= 0.6 is 0 Å². The Morgan fingerprint density at radius 2 is 1.84 bits per heavy atom. The van der Waals surface area contributed by atoms with Crippen molar-refractivity contribution in [3.05, 3.63) is 41.1 Å². The molecule has 1 unspecified atom stereocenters. The van der Waals surface area contributed by atoms with Crippen molar-refractivity contribution in [3.63, 3.8) is 0 Å². The zero-order chi connectivity index (χ0) is 14.0. The van der Waals surface area contributed by atoms with E-state index in [1.807, 2.05) is 13.8 Å². The monoisotopic (exact) mass is 260 g/mol. The average Bonchev–Trinajstić information content (AvgIpc) is 2.38. The van der Waals surface area contributed by atoms with Gasteiger partial charge in [0.05, 0.1) is 6.20 Å². The molecule has 5 heteroatoms. The highest BCUT2D eigenvalue weighted by atomic mass is 19.1. The Bertz CT molecular complexity index is 557. The molecule has 0 saturated carbocycles.